The van der Waals surface area contributed by atoms with Gasteiger partial charge in [0, 0.05) is 18.6 Å². The fraction of sp³-hybridized carbons (Fsp3) is 0.700. The third kappa shape index (κ3) is 4.79. The highest BCUT2D eigenvalue weighted by Gasteiger charge is 2.45. The average molecular weight is 483 g/mol. The first-order valence-electron chi connectivity index (χ1n) is 11.0. The third-order valence-corrected chi connectivity index (χ3v) is 6.74. The van der Waals surface area contributed by atoms with E-state index in [2.05, 4.69) is 15.3 Å². The highest BCUT2D eigenvalue weighted by Crippen LogP contribution is 2.38. The van der Waals surface area contributed by atoms with Gasteiger partial charge in [-0.3, -0.25) is 19.0 Å². The van der Waals surface area contributed by atoms with E-state index < -0.39 is 30.2 Å². The first-order valence-corrected chi connectivity index (χ1v) is 12.4. The number of carbonyl (C=O) groups excluding carboxylic acids is 2. The maximum Gasteiger partial charge on any atom is 0.253 e. The molecule has 4 rings (SSSR count). The number of nitrogens with two attached hydrogens (primary N) is 1. The van der Waals surface area contributed by atoms with Gasteiger partial charge in [0.15, 0.2) is 12.0 Å². The van der Waals surface area contributed by atoms with E-state index in [1.54, 1.807) is 4.57 Å². The summed E-state index contributed by atoms with van der Waals surface area (Å²) in [5.41, 5.74) is 6.19. The number of hydrogen-bond donors (Lipinski definition) is 4. The molecule has 5 atom stereocenters. The molecule has 3 aliphatic rings. The lowest BCUT2D eigenvalue weighted by molar-refractivity contribution is -0.187. The molecule has 2 amide bonds. The van der Waals surface area contributed by atoms with E-state index in [0.29, 0.717) is 30.1 Å². The first-order chi connectivity index (χ1) is 15.9. The lowest BCUT2D eigenvalue weighted by atomic mass is 9.98. The second kappa shape index (κ2) is 10.1. The Hall–Kier alpha value is -2.03. The number of nitrogens with zero attached hydrogens (tertiary/aromatic N) is 4. The molecule has 4 heterocycles. The SMILES string of the molecule is CSC[C@H]1O[C@@H](n2cnc3c2N=CNC3(N)CCCCCON2C(=O)CCC2=O)[C@H](O)[C@@H]1O. The van der Waals surface area contributed by atoms with Crippen LogP contribution < -0.4 is 11.1 Å². The summed E-state index contributed by atoms with van der Waals surface area (Å²) in [7, 11) is 0. The summed E-state index contributed by atoms with van der Waals surface area (Å²) >= 11 is 1.53. The van der Waals surface area contributed by atoms with Crippen LogP contribution in [0.2, 0.25) is 0 Å². The Balaban J connectivity index is 1.32. The minimum absolute atomic E-state index is 0.205. The highest BCUT2D eigenvalue weighted by molar-refractivity contribution is 7.98. The van der Waals surface area contributed by atoms with Crippen molar-refractivity contribution >= 4 is 35.7 Å². The van der Waals surface area contributed by atoms with Gasteiger partial charge in [-0.1, -0.05) is 6.42 Å². The number of imidazole rings is 1. The van der Waals surface area contributed by atoms with E-state index in [1.165, 1.54) is 24.4 Å². The van der Waals surface area contributed by atoms with Crippen molar-refractivity contribution < 1.29 is 29.4 Å². The number of hydroxylamine groups is 2. The van der Waals surface area contributed by atoms with E-state index in [4.69, 9.17) is 15.3 Å². The number of aromatic nitrogens is 2. The van der Waals surface area contributed by atoms with Crippen LogP contribution in [-0.4, -0.2) is 79.9 Å². The second-order valence-electron chi connectivity index (χ2n) is 8.43. The van der Waals surface area contributed by atoms with Crippen LogP contribution in [0.1, 0.15) is 50.4 Å². The molecule has 0 aromatic carbocycles. The Labute approximate surface area is 195 Å². The predicted molar refractivity (Wildman–Crippen MR) is 119 cm³/mol. The van der Waals surface area contributed by atoms with E-state index in [0.717, 1.165) is 17.9 Å². The standard InChI is InChI=1S/C20H30N6O6S/c1-33-9-12-15(29)16(30)19(32-12)25-11-23-17-18(25)22-10-24-20(17,21)7-3-2-4-8-31-26-13(27)5-6-14(26)28/h10-12,15-16,19,29-30H,2-9,21H2,1H3,(H,22,24)/t12-,15-,16-,19-,20?/m1/s1. The van der Waals surface area contributed by atoms with Crippen molar-refractivity contribution in [1.82, 2.24) is 19.9 Å². The molecule has 33 heavy (non-hydrogen) atoms. The summed E-state index contributed by atoms with van der Waals surface area (Å²) in [6.07, 6.45) is 4.69. The molecule has 2 saturated heterocycles. The molecule has 0 aliphatic carbocycles. The fourth-order valence-corrected chi connectivity index (χ4v) is 4.85. The Morgan fingerprint density at radius 2 is 2.03 bits per heavy atom. The van der Waals surface area contributed by atoms with Crippen molar-refractivity contribution in [2.45, 2.75) is 68.7 Å². The van der Waals surface area contributed by atoms with E-state index in [9.17, 15) is 19.8 Å². The average Bonchev–Trinajstić information content (AvgIpc) is 3.44. The molecule has 12 nitrogen and oxygen atoms in total. The minimum atomic E-state index is -1.10. The number of imide groups is 1. The van der Waals surface area contributed by atoms with Crippen LogP contribution >= 0.6 is 11.8 Å². The van der Waals surface area contributed by atoms with E-state index >= 15 is 0 Å². The van der Waals surface area contributed by atoms with Crippen molar-refractivity contribution in [2.24, 2.45) is 10.7 Å². The zero-order valence-electron chi connectivity index (χ0n) is 18.4. The molecule has 1 unspecified atom stereocenters. The molecule has 1 aromatic rings. The van der Waals surface area contributed by atoms with Gasteiger partial charge >= 0.3 is 0 Å². The minimum Gasteiger partial charge on any atom is -0.387 e. The van der Waals surface area contributed by atoms with Crippen molar-refractivity contribution in [1.29, 1.82) is 0 Å². The molecule has 0 radical (unpaired) electrons. The Morgan fingerprint density at radius 3 is 2.76 bits per heavy atom. The molecular formula is C20H30N6O6S. The van der Waals surface area contributed by atoms with Gasteiger partial charge in [0.2, 0.25) is 0 Å². The molecule has 1 aromatic heterocycles. The van der Waals surface area contributed by atoms with Crippen LogP contribution in [0.4, 0.5) is 5.82 Å². The summed E-state index contributed by atoms with van der Waals surface area (Å²) in [5.74, 6) is 0.449. The second-order valence-corrected chi connectivity index (χ2v) is 9.34. The Kier molecular flexibility index (Phi) is 7.36. The van der Waals surface area contributed by atoms with Crippen molar-refractivity contribution in [2.75, 3.05) is 18.6 Å². The fourth-order valence-electron chi connectivity index (χ4n) is 4.25. The van der Waals surface area contributed by atoms with Crippen LogP contribution in [0.25, 0.3) is 0 Å². The number of nitrogens with one attached hydrogen (secondary N) is 1. The largest absolute Gasteiger partial charge is 0.387 e. The number of ether oxygens (including phenoxy) is 1. The van der Waals surface area contributed by atoms with Gasteiger partial charge in [-0.2, -0.15) is 16.8 Å². The maximum atomic E-state index is 11.6. The van der Waals surface area contributed by atoms with Crippen molar-refractivity contribution in [3.8, 4) is 0 Å². The number of hydrogen-bond acceptors (Lipinski definition) is 11. The van der Waals surface area contributed by atoms with Gasteiger partial charge in [0.25, 0.3) is 11.8 Å². The van der Waals surface area contributed by atoms with Gasteiger partial charge < -0.3 is 26.0 Å². The monoisotopic (exact) mass is 482 g/mol. The number of unbranched alkanes of at least 4 members (excludes halogenated alkanes) is 2. The summed E-state index contributed by atoms with van der Waals surface area (Å²) in [4.78, 5) is 37.2. The Bertz CT molecular complexity index is 896. The van der Waals surface area contributed by atoms with Gasteiger partial charge in [-0.15, -0.1) is 0 Å². The van der Waals surface area contributed by atoms with Crippen LogP contribution in [0.5, 0.6) is 0 Å². The number of aliphatic hydroxyl groups is 2. The number of carbonyl (C=O) groups is 2. The van der Waals surface area contributed by atoms with Crippen LogP contribution in [0.3, 0.4) is 0 Å². The van der Waals surface area contributed by atoms with Gasteiger partial charge in [0.1, 0.15) is 23.6 Å². The molecule has 0 saturated carbocycles. The normalized spacial score (nSPS) is 31.3. The van der Waals surface area contributed by atoms with Crippen LogP contribution in [0, 0.1) is 0 Å². The quantitative estimate of drug-likeness (QED) is 0.261. The smallest absolute Gasteiger partial charge is 0.253 e. The third-order valence-electron chi connectivity index (χ3n) is 6.08. The van der Waals surface area contributed by atoms with Crippen molar-refractivity contribution in [3.63, 3.8) is 0 Å². The van der Waals surface area contributed by atoms with Crippen molar-refractivity contribution in [3.05, 3.63) is 12.0 Å². The number of amides is 2. The van der Waals surface area contributed by atoms with Gasteiger partial charge in [-0.05, 0) is 25.5 Å². The van der Waals surface area contributed by atoms with Crippen LogP contribution in [0.15, 0.2) is 11.3 Å². The Morgan fingerprint density at radius 1 is 1.27 bits per heavy atom. The maximum absolute atomic E-state index is 11.6. The molecule has 5 N–H and O–H groups in total. The molecule has 0 bridgehead atoms. The molecule has 2 fully saturated rings. The van der Waals surface area contributed by atoms with Gasteiger partial charge in [-0.25, -0.2) is 9.98 Å². The molecule has 3 aliphatic heterocycles. The number of aliphatic imine (C=N–C) groups is 1. The first kappa shape index (κ1) is 24.1. The highest BCUT2D eigenvalue weighted by atomic mass is 32.2. The topological polar surface area (TPSA) is 165 Å². The molecular weight excluding hydrogens is 452 g/mol. The number of fused-ring (bicyclic) bond motifs is 1. The molecule has 182 valence electrons. The number of aliphatic hydroxyl groups excluding tert-OH is 2. The lowest BCUT2D eigenvalue weighted by Gasteiger charge is -2.31. The van der Waals surface area contributed by atoms with Crippen LogP contribution in [-0.2, 0) is 24.8 Å². The predicted octanol–water partition coefficient (Wildman–Crippen LogP) is -0.119. The lowest BCUT2D eigenvalue weighted by Crippen LogP contribution is -2.51. The zero-order chi connectivity index (χ0) is 23.6. The van der Waals surface area contributed by atoms with Gasteiger partial charge in [0.05, 0.1) is 25.4 Å². The molecule has 13 heteroatoms. The summed E-state index contributed by atoms with van der Waals surface area (Å²) in [6, 6.07) is 0. The number of thioether (sulfide) groups is 1. The summed E-state index contributed by atoms with van der Waals surface area (Å²) in [5, 5.41) is 24.7. The zero-order valence-corrected chi connectivity index (χ0v) is 19.2. The van der Waals surface area contributed by atoms with E-state index in [1.807, 2.05) is 6.26 Å². The summed E-state index contributed by atoms with van der Waals surface area (Å²) in [6.45, 7) is 0.278. The number of rotatable bonds is 10. The molecule has 0 spiro atoms. The van der Waals surface area contributed by atoms with E-state index in [-0.39, 0.29) is 31.3 Å². The summed E-state index contributed by atoms with van der Waals surface area (Å²) < 4.78 is 7.50.